The summed E-state index contributed by atoms with van der Waals surface area (Å²) in [6, 6.07) is 4.44. The summed E-state index contributed by atoms with van der Waals surface area (Å²) in [5.74, 6) is 1.56. The van der Waals surface area contributed by atoms with Gasteiger partial charge in [0, 0.05) is 49.4 Å². The van der Waals surface area contributed by atoms with Crippen LogP contribution in [0.4, 0.5) is 0 Å². The summed E-state index contributed by atoms with van der Waals surface area (Å²) < 4.78 is 5.60. The quantitative estimate of drug-likeness (QED) is 0.876. The Hall–Kier alpha value is -2.28. The SMILES string of the molecule is O=C1CCN(C2CCCC2)CCCC(c2nc(-c3cccnc3)no2)CCN1. The van der Waals surface area contributed by atoms with Crippen molar-refractivity contribution in [2.45, 2.75) is 63.3 Å². The fraction of sp³-hybridized carbons (Fsp3) is 0.619. The van der Waals surface area contributed by atoms with Gasteiger partial charge in [-0.2, -0.15) is 4.98 Å². The Labute approximate surface area is 165 Å². The van der Waals surface area contributed by atoms with Gasteiger partial charge in [0.2, 0.25) is 17.6 Å². The van der Waals surface area contributed by atoms with E-state index in [0.717, 1.165) is 37.9 Å². The first-order valence-corrected chi connectivity index (χ1v) is 10.5. The molecule has 1 N–H and O–H groups in total. The van der Waals surface area contributed by atoms with Gasteiger partial charge in [-0.15, -0.1) is 0 Å². The lowest BCUT2D eigenvalue weighted by molar-refractivity contribution is -0.121. The van der Waals surface area contributed by atoms with E-state index in [-0.39, 0.29) is 11.8 Å². The number of pyridine rings is 1. The molecule has 1 saturated heterocycles. The first-order chi connectivity index (χ1) is 13.8. The second-order valence-electron chi connectivity index (χ2n) is 7.90. The van der Waals surface area contributed by atoms with Gasteiger partial charge in [0.05, 0.1) is 0 Å². The number of carbonyl (C=O) groups is 1. The van der Waals surface area contributed by atoms with Gasteiger partial charge in [-0.05, 0) is 50.8 Å². The zero-order valence-corrected chi connectivity index (χ0v) is 16.3. The van der Waals surface area contributed by atoms with Gasteiger partial charge in [0.15, 0.2) is 0 Å². The molecule has 2 aliphatic rings. The average Bonchev–Trinajstić information content (AvgIpc) is 3.41. The van der Waals surface area contributed by atoms with Gasteiger partial charge in [-0.3, -0.25) is 14.7 Å². The number of carbonyl (C=O) groups excluding carboxylic acids is 1. The molecule has 7 heteroatoms. The maximum atomic E-state index is 12.2. The van der Waals surface area contributed by atoms with Crippen molar-refractivity contribution < 1.29 is 9.32 Å². The number of rotatable bonds is 3. The van der Waals surface area contributed by atoms with Crippen molar-refractivity contribution in [2.24, 2.45) is 0 Å². The highest BCUT2D eigenvalue weighted by molar-refractivity contribution is 5.76. The van der Waals surface area contributed by atoms with Crippen LogP contribution in [-0.2, 0) is 4.79 Å². The fourth-order valence-corrected chi connectivity index (χ4v) is 4.41. The van der Waals surface area contributed by atoms with E-state index in [9.17, 15) is 4.79 Å². The molecule has 28 heavy (non-hydrogen) atoms. The van der Waals surface area contributed by atoms with Crippen LogP contribution in [0.5, 0.6) is 0 Å². The first kappa shape index (κ1) is 19.1. The summed E-state index contributed by atoms with van der Waals surface area (Å²) >= 11 is 0. The van der Waals surface area contributed by atoms with Crippen molar-refractivity contribution in [3.05, 3.63) is 30.4 Å². The molecule has 3 heterocycles. The topological polar surface area (TPSA) is 84.2 Å². The Balaban J connectivity index is 1.45. The molecule has 0 radical (unpaired) electrons. The van der Waals surface area contributed by atoms with Crippen molar-refractivity contribution in [1.29, 1.82) is 0 Å². The minimum absolute atomic E-state index is 0.144. The van der Waals surface area contributed by atoms with Crippen LogP contribution in [-0.4, -0.2) is 51.6 Å². The molecule has 1 amide bonds. The van der Waals surface area contributed by atoms with Gasteiger partial charge in [-0.25, -0.2) is 0 Å². The minimum atomic E-state index is 0.144. The number of hydrogen-bond donors (Lipinski definition) is 1. The van der Waals surface area contributed by atoms with Gasteiger partial charge in [0.25, 0.3) is 0 Å². The zero-order valence-electron chi connectivity index (χ0n) is 16.3. The Morgan fingerprint density at radius 1 is 1.11 bits per heavy atom. The fourth-order valence-electron chi connectivity index (χ4n) is 4.41. The summed E-state index contributed by atoms with van der Waals surface area (Å²) in [6.45, 7) is 2.56. The average molecular weight is 383 g/mol. The molecule has 0 spiro atoms. The van der Waals surface area contributed by atoms with Gasteiger partial charge in [0.1, 0.15) is 0 Å². The third-order valence-electron chi connectivity index (χ3n) is 5.99. The molecule has 0 bridgehead atoms. The predicted octanol–water partition coefficient (Wildman–Crippen LogP) is 3.15. The molecule has 2 aromatic rings. The second kappa shape index (κ2) is 9.28. The maximum Gasteiger partial charge on any atom is 0.230 e. The highest BCUT2D eigenvalue weighted by atomic mass is 16.5. The van der Waals surface area contributed by atoms with Gasteiger partial charge < -0.3 is 9.84 Å². The number of aromatic nitrogens is 3. The van der Waals surface area contributed by atoms with Crippen LogP contribution in [0, 0.1) is 0 Å². The van der Waals surface area contributed by atoms with Crippen molar-refractivity contribution in [3.63, 3.8) is 0 Å². The molecule has 150 valence electrons. The van der Waals surface area contributed by atoms with Gasteiger partial charge >= 0.3 is 0 Å². The summed E-state index contributed by atoms with van der Waals surface area (Å²) in [5.41, 5.74) is 0.856. The molecular weight excluding hydrogens is 354 g/mol. The first-order valence-electron chi connectivity index (χ1n) is 10.5. The van der Waals surface area contributed by atoms with Crippen molar-refractivity contribution in [3.8, 4) is 11.4 Å². The largest absolute Gasteiger partial charge is 0.356 e. The third kappa shape index (κ3) is 4.76. The van der Waals surface area contributed by atoms with Crippen LogP contribution in [0.1, 0.15) is 63.2 Å². The van der Waals surface area contributed by atoms with E-state index in [1.54, 1.807) is 12.4 Å². The molecule has 0 aromatic carbocycles. The van der Waals surface area contributed by atoms with Crippen molar-refractivity contribution in [1.82, 2.24) is 25.3 Å². The molecule has 1 unspecified atom stereocenters. The molecule has 2 aromatic heterocycles. The van der Waals surface area contributed by atoms with E-state index in [0.29, 0.717) is 30.7 Å². The van der Waals surface area contributed by atoms with Crippen LogP contribution in [0.2, 0.25) is 0 Å². The van der Waals surface area contributed by atoms with E-state index >= 15 is 0 Å². The number of nitrogens with zero attached hydrogens (tertiary/aromatic N) is 4. The summed E-state index contributed by atoms with van der Waals surface area (Å²) in [5, 5.41) is 7.21. The lowest BCUT2D eigenvalue weighted by Gasteiger charge is -2.28. The normalized spacial score (nSPS) is 23.3. The monoisotopic (exact) mass is 383 g/mol. The molecular formula is C21H29N5O2. The molecule has 1 atom stereocenters. The van der Waals surface area contributed by atoms with Crippen LogP contribution in [0.15, 0.2) is 29.0 Å². The molecule has 1 saturated carbocycles. The highest BCUT2D eigenvalue weighted by Gasteiger charge is 2.25. The van der Waals surface area contributed by atoms with Gasteiger partial charge in [-0.1, -0.05) is 18.0 Å². The molecule has 7 nitrogen and oxygen atoms in total. The van der Waals surface area contributed by atoms with Crippen LogP contribution < -0.4 is 5.32 Å². The maximum absolute atomic E-state index is 12.2. The van der Waals surface area contributed by atoms with Crippen molar-refractivity contribution >= 4 is 5.91 Å². The Kier molecular flexibility index (Phi) is 6.31. The molecule has 1 aliphatic carbocycles. The number of hydrogen-bond acceptors (Lipinski definition) is 6. The van der Waals surface area contributed by atoms with Crippen LogP contribution in [0.3, 0.4) is 0 Å². The van der Waals surface area contributed by atoms with E-state index in [1.807, 2.05) is 12.1 Å². The predicted molar refractivity (Wildman–Crippen MR) is 106 cm³/mol. The minimum Gasteiger partial charge on any atom is -0.356 e. The van der Waals surface area contributed by atoms with Crippen LogP contribution >= 0.6 is 0 Å². The Bertz CT molecular complexity index is 757. The number of nitrogens with one attached hydrogen (secondary N) is 1. The third-order valence-corrected chi connectivity index (χ3v) is 5.99. The molecule has 1 aliphatic heterocycles. The molecule has 4 rings (SSSR count). The smallest absolute Gasteiger partial charge is 0.230 e. The van der Waals surface area contributed by atoms with Crippen molar-refractivity contribution in [2.75, 3.05) is 19.6 Å². The van der Waals surface area contributed by atoms with E-state index in [2.05, 4.69) is 25.3 Å². The lowest BCUT2D eigenvalue weighted by Crippen LogP contribution is -2.37. The number of amides is 1. The Morgan fingerprint density at radius 3 is 2.82 bits per heavy atom. The van der Waals surface area contributed by atoms with E-state index in [1.165, 1.54) is 25.7 Å². The standard InChI is InChI=1S/C21H29N5O2/c27-19-10-14-26(18-7-1-2-8-18)13-4-6-16(9-12-23-19)21-24-20(25-28-21)17-5-3-11-22-15-17/h3,5,11,15-16,18H,1-2,4,6-10,12-14H2,(H,23,27). The highest BCUT2D eigenvalue weighted by Crippen LogP contribution is 2.28. The van der Waals surface area contributed by atoms with E-state index < -0.39 is 0 Å². The zero-order chi connectivity index (χ0) is 19.2. The lowest BCUT2D eigenvalue weighted by atomic mass is 9.98. The van der Waals surface area contributed by atoms with E-state index in [4.69, 9.17) is 4.52 Å². The summed E-state index contributed by atoms with van der Waals surface area (Å²) in [4.78, 5) is 23.5. The summed E-state index contributed by atoms with van der Waals surface area (Å²) in [6.07, 6.45) is 12.1. The molecule has 2 fully saturated rings. The summed E-state index contributed by atoms with van der Waals surface area (Å²) in [7, 11) is 0. The second-order valence-corrected chi connectivity index (χ2v) is 7.90. The van der Waals surface area contributed by atoms with Crippen LogP contribution in [0.25, 0.3) is 11.4 Å². The Morgan fingerprint density at radius 2 is 2.00 bits per heavy atom.